The highest BCUT2D eigenvalue weighted by molar-refractivity contribution is 7.22. The Labute approximate surface area is 146 Å². The first-order chi connectivity index (χ1) is 11.8. The highest BCUT2D eigenvalue weighted by Gasteiger charge is 2.28. The maximum atomic E-state index is 12.5. The van der Waals surface area contributed by atoms with Crippen LogP contribution in [0.2, 0.25) is 0 Å². The smallest absolute Gasteiger partial charge is 0.224 e. The van der Waals surface area contributed by atoms with Gasteiger partial charge in [-0.1, -0.05) is 23.5 Å². The molecule has 128 valence electrons. The summed E-state index contributed by atoms with van der Waals surface area (Å²) in [6, 6.07) is 8.21. The predicted octanol–water partition coefficient (Wildman–Crippen LogP) is 2.81. The molecule has 2 fully saturated rings. The van der Waals surface area contributed by atoms with Crippen molar-refractivity contribution in [2.24, 2.45) is 5.92 Å². The second-order valence-corrected chi connectivity index (χ2v) is 7.64. The highest BCUT2D eigenvalue weighted by atomic mass is 32.1. The summed E-state index contributed by atoms with van der Waals surface area (Å²) in [5.74, 6) is 0.212. The van der Waals surface area contributed by atoms with Crippen molar-refractivity contribution < 1.29 is 9.53 Å². The first-order valence-electron chi connectivity index (χ1n) is 8.79. The van der Waals surface area contributed by atoms with Crippen LogP contribution in [0.15, 0.2) is 24.3 Å². The second-order valence-electron chi connectivity index (χ2n) is 6.63. The molecule has 1 aromatic heterocycles. The molecule has 1 N–H and O–H groups in total. The van der Waals surface area contributed by atoms with Gasteiger partial charge in [-0.15, -0.1) is 0 Å². The average Bonchev–Trinajstić information content (AvgIpc) is 3.29. The van der Waals surface area contributed by atoms with Gasteiger partial charge in [-0.3, -0.25) is 4.79 Å². The Balaban J connectivity index is 1.38. The van der Waals surface area contributed by atoms with Crippen LogP contribution in [0.1, 0.15) is 25.7 Å². The molecule has 6 heteroatoms. The standard InChI is InChI=1S/C18H23N3O2S/c22-17(19-11-14-6-4-10-23-14)13-5-3-9-21(12-13)18-20-15-7-1-2-8-16(15)24-18/h1-2,7-8,13-14H,3-6,9-12H2,(H,19,22). The van der Waals surface area contributed by atoms with Crippen molar-refractivity contribution in [2.45, 2.75) is 31.8 Å². The van der Waals surface area contributed by atoms with E-state index in [0.29, 0.717) is 6.54 Å². The molecule has 2 saturated heterocycles. The third-order valence-electron chi connectivity index (χ3n) is 4.87. The number of para-hydroxylation sites is 1. The van der Waals surface area contributed by atoms with Gasteiger partial charge in [0.05, 0.1) is 22.2 Å². The Hall–Kier alpha value is -1.66. The zero-order chi connectivity index (χ0) is 16.4. The number of amides is 1. The molecule has 0 bridgehead atoms. The fourth-order valence-corrected chi connectivity index (χ4v) is 4.52. The normalized spacial score (nSPS) is 24.4. The number of aromatic nitrogens is 1. The van der Waals surface area contributed by atoms with Gasteiger partial charge in [-0.2, -0.15) is 0 Å². The van der Waals surface area contributed by atoms with Gasteiger partial charge in [0.15, 0.2) is 5.13 Å². The SMILES string of the molecule is O=C(NCC1CCCO1)C1CCCN(c2nc3ccccc3s2)C1. The van der Waals surface area contributed by atoms with Gasteiger partial charge in [0, 0.05) is 26.2 Å². The fourth-order valence-electron chi connectivity index (χ4n) is 3.52. The summed E-state index contributed by atoms with van der Waals surface area (Å²) < 4.78 is 6.79. The molecule has 2 atom stereocenters. The van der Waals surface area contributed by atoms with Gasteiger partial charge in [0.1, 0.15) is 0 Å². The number of carbonyl (C=O) groups is 1. The van der Waals surface area contributed by atoms with E-state index in [1.54, 1.807) is 11.3 Å². The Morgan fingerprint density at radius 3 is 3.08 bits per heavy atom. The highest BCUT2D eigenvalue weighted by Crippen LogP contribution is 2.31. The number of benzene rings is 1. The van der Waals surface area contributed by atoms with E-state index >= 15 is 0 Å². The number of hydrogen-bond donors (Lipinski definition) is 1. The molecule has 0 radical (unpaired) electrons. The molecular formula is C18H23N3O2S. The van der Waals surface area contributed by atoms with Crippen molar-refractivity contribution in [1.29, 1.82) is 0 Å². The number of anilines is 1. The Kier molecular flexibility index (Phi) is 4.67. The lowest BCUT2D eigenvalue weighted by Crippen LogP contribution is -2.44. The van der Waals surface area contributed by atoms with Crippen LogP contribution in [0.4, 0.5) is 5.13 Å². The minimum atomic E-state index is 0.0483. The number of thiazole rings is 1. The van der Waals surface area contributed by atoms with Crippen molar-refractivity contribution >= 4 is 32.6 Å². The first kappa shape index (κ1) is 15.8. The number of piperidine rings is 1. The van der Waals surface area contributed by atoms with Crippen LogP contribution in [0, 0.1) is 5.92 Å². The van der Waals surface area contributed by atoms with Crippen molar-refractivity contribution in [3.05, 3.63) is 24.3 Å². The molecule has 3 heterocycles. The molecule has 4 rings (SSSR count). The van der Waals surface area contributed by atoms with Crippen LogP contribution in [-0.4, -0.2) is 43.2 Å². The zero-order valence-corrected chi connectivity index (χ0v) is 14.6. The average molecular weight is 345 g/mol. The summed E-state index contributed by atoms with van der Waals surface area (Å²) in [4.78, 5) is 19.5. The molecule has 5 nitrogen and oxygen atoms in total. The molecule has 2 aliphatic rings. The minimum absolute atomic E-state index is 0.0483. The summed E-state index contributed by atoms with van der Waals surface area (Å²) in [5.41, 5.74) is 1.04. The number of ether oxygens (including phenoxy) is 1. The van der Waals surface area contributed by atoms with Gasteiger partial charge in [0.2, 0.25) is 5.91 Å². The third kappa shape index (κ3) is 3.39. The van der Waals surface area contributed by atoms with Crippen LogP contribution < -0.4 is 10.2 Å². The quantitative estimate of drug-likeness (QED) is 0.926. The lowest BCUT2D eigenvalue weighted by Gasteiger charge is -2.31. The van der Waals surface area contributed by atoms with Crippen LogP contribution in [0.25, 0.3) is 10.2 Å². The van der Waals surface area contributed by atoms with Crippen LogP contribution in [0.5, 0.6) is 0 Å². The monoisotopic (exact) mass is 345 g/mol. The molecule has 24 heavy (non-hydrogen) atoms. The summed E-state index contributed by atoms with van der Waals surface area (Å²) in [6.45, 7) is 3.22. The Morgan fingerprint density at radius 1 is 1.33 bits per heavy atom. The van der Waals surface area contributed by atoms with E-state index in [9.17, 15) is 4.79 Å². The van der Waals surface area contributed by atoms with Crippen LogP contribution in [-0.2, 0) is 9.53 Å². The number of rotatable bonds is 4. The van der Waals surface area contributed by atoms with E-state index in [2.05, 4.69) is 16.3 Å². The summed E-state index contributed by atoms with van der Waals surface area (Å²) in [6.07, 6.45) is 4.36. The molecule has 2 aliphatic heterocycles. The fraction of sp³-hybridized carbons (Fsp3) is 0.556. The Morgan fingerprint density at radius 2 is 2.25 bits per heavy atom. The van der Waals surface area contributed by atoms with Gasteiger partial charge < -0.3 is 15.0 Å². The number of hydrogen-bond acceptors (Lipinski definition) is 5. The Bertz CT molecular complexity index is 678. The third-order valence-corrected chi connectivity index (χ3v) is 5.97. The van der Waals surface area contributed by atoms with Crippen LogP contribution in [0.3, 0.4) is 0 Å². The number of nitrogens with one attached hydrogen (secondary N) is 1. The van der Waals surface area contributed by atoms with E-state index < -0.39 is 0 Å². The van der Waals surface area contributed by atoms with Gasteiger partial charge in [-0.25, -0.2) is 4.98 Å². The molecule has 1 amide bonds. The lowest BCUT2D eigenvalue weighted by atomic mass is 9.97. The van der Waals surface area contributed by atoms with Gasteiger partial charge in [-0.05, 0) is 37.8 Å². The number of carbonyl (C=O) groups excluding carboxylic acids is 1. The topological polar surface area (TPSA) is 54.5 Å². The van der Waals surface area contributed by atoms with Crippen molar-refractivity contribution in [3.63, 3.8) is 0 Å². The number of nitrogens with zero attached hydrogens (tertiary/aromatic N) is 2. The zero-order valence-electron chi connectivity index (χ0n) is 13.7. The second kappa shape index (κ2) is 7.07. The predicted molar refractivity (Wildman–Crippen MR) is 96.5 cm³/mol. The van der Waals surface area contributed by atoms with E-state index in [-0.39, 0.29) is 17.9 Å². The summed E-state index contributed by atoms with van der Waals surface area (Å²) >= 11 is 1.71. The van der Waals surface area contributed by atoms with E-state index in [1.165, 1.54) is 4.70 Å². The van der Waals surface area contributed by atoms with E-state index in [4.69, 9.17) is 9.72 Å². The van der Waals surface area contributed by atoms with E-state index in [1.807, 2.05) is 18.2 Å². The molecule has 0 spiro atoms. The maximum absolute atomic E-state index is 12.5. The molecule has 1 aromatic carbocycles. The molecule has 0 saturated carbocycles. The largest absolute Gasteiger partial charge is 0.376 e. The summed E-state index contributed by atoms with van der Waals surface area (Å²) in [7, 11) is 0. The maximum Gasteiger partial charge on any atom is 0.224 e. The van der Waals surface area contributed by atoms with E-state index in [0.717, 1.165) is 56.0 Å². The number of fused-ring (bicyclic) bond motifs is 1. The molecule has 2 unspecified atom stereocenters. The first-order valence-corrected chi connectivity index (χ1v) is 9.61. The molecule has 2 aromatic rings. The van der Waals surface area contributed by atoms with Crippen molar-refractivity contribution in [3.8, 4) is 0 Å². The lowest BCUT2D eigenvalue weighted by molar-refractivity contribution is -0.125. The van der Waals surface area contributed by atoms with Gasteiger partial charge in [0.25, 0.3) is 0 Å². The molecule has 0 aliphatic carbocycles. The van der Waals surface area contributed by atoms with Crippen LogP contribution >= 0.6 is 11.3 Å². The van der Waals surface area contributed by atoms with Crippen molar-refractivity contribution in [1.82, 2.24) is 10.3 Å². The van der Waals surface area contributed by atoms with Crippen molar-refractivity contribution in [2.75, 3.05) is 31.1 Å². The minimum Gasteiger partial charge on any atom is -0.376 e. The molecular weight excluding hydrogens is 322 g/mol. The summed E-state index contributed by atoms with van der Waals surface area (Å²) in [5, 5.41) is 4.12. The van der Waals surface area contributed by atoms with Gasteiger partial charge >= 0.3 is 0 Å².